The molecule has 2 N–H and O–H groups in total. The summed E-state index contributed by atoms with van der Waals surface area (Å²) in [6.07, 6.45) is 2.53. The summed E-state index contributed by atoms with van der Waals surface area (Å²) < 4.78 is 0. The fourth-order valence-electron chi connectivity index (χ4n) is 2.40. The van der Waals surface area contributed by atoms with Crippen LogP contribution in [0.25, 0.3) is 0 Å². The Hall–Kier alpha value is -0.860. The summed E-state index contributed by atoms with van der Waals surface area (Å²) in [6.45, 7) is 6.25. The fraction of sp³-hybridized carbons (Fsp3) is 0.625. The first-order valence-corrected chi connectivity index (χ1v) is 7.08. The lowest BCUT2D eigenvalue weighted by atomic mass is 9.89. The van der Waals surface area contributed by atoms with E-state index in [9.17, 15) is 10.2 Å². The zero-order valence-electron chi connectivity index (χ0n) is 11.8. The molecule has 0 saturated heterocycles. The van der Waals surface area contributed by atoms with Gasteiger partial charge in [0.05, 0.1) is 6.10 Å². The highest BCUT2D eigenvalue weighted by molar-refractivity contribution is 5.25. The van der Waals surface area contributed by atoms with Gasteiger partial charge in [-0.2, -0.15) is 0 Å². The number of aryl methyl sites for hydroxylation is 1. The molecule has 0 aliphatic heterocycles. The molecule has 18 heavy (non-hydrogen) atoms. The van der Waals surface area contributed by atoms with Crippen molar-refractivity contribution >= 4 is 0 Å². The third-order valence-corrected chi connectivity index (χ3v) is 3.72. The molecule has 0 spiro atoms. The number of rotatable bonds is 7. The second-order valence-corrected chi connectivity index (χ2v) is 5.00. The predicted molar refractivity (Wildman–Crippen MR) is 75.5 cm³/mol. The van der Waals surface area contributed by atoms with Crippen molar-refractivity contribution in [2.45, 2.75) is 58.7 Å². The van der Waals surface area contributed by atoms with Crippen molar-refractivity contribution in [3.63, 3.8) is 0 Å². The van der Waals surface area contributed by atoms with E-state index in [0.29, 0.717) is 0 Å². The lowest BCUT2D eigenvalue weighted by molar-refractivity contribution is -0.0209. The molecule has 2 unspecified atom stereocenters. The van der Waals surface area contributed by atoms with Gasteiger partial charge in [-0.1, -0.05) is 64.3 Å². The van der Waals surface area contributed by atoms with Gasteiger partial charge in [-0.3, -0.25) is 0 Å². The molecular weight excluding hydrogens is 224 g/mol. The Labute approximate surface area is 111 Å². The van der Waals surface area contributed by atoms with Crippen molar-refractivity contribution < 1.29 is 10.2 Å². The SMILES string of the molecule is CCCc1ccc(C(O)C(O)C(CC)CC)cc1. The quantitative estimate of drug-likeness (QED) is 0.778. The van der Waals surface area contributed by atoms with E-state index in [-0.39, 0.29) is 5.92 Å². The monoisotopic (exact) mass is 250 g/mol. The van der Waals surface area contributed by atoms with Gasteiger partial charge in [0, 0.05) is 0 Å². The predicted octanol–water partition coefficient (Wildman–Crippen LogP) is 3.47. The van der Waals surface area contributed by atoms with Gasteiger partial charge in [0.25, 0.3) is 0 Å². The second-order valence-electron chi connectivity index (χ2n) is 5.00. The van der Waals surface area contributed by atoms with Gasteiger partial charge in [-0.15, -0.1) is 0 Å². The Morgan fingerprint density at radius 1 is 0.944 bits per heavy atom. The molecule has 0 amide bonds. The first-order chi connectivity index (χ1) is 8.63. The lowest BCUT2D eigenvalue weighted by Gasteiger charge is -2.25. The third kappa shape index (κ3) is 3.82. The average molecular weight is 250 g/mol. The second kappa shape index (κ2) is 7.55. The van der Waals surface area contributed by atoms with E-state index in [2.05, 4.69) is 20.8 Å². The van der Waals surface area contributed by atoms with E-state index in [1.165, 1.54) is 5.56 Å². The largest absolute Gasteiger partial charge is 0.390 e. The first kappa shape index (κ1) is 15.2. The Morgan fingerprint density at radius 2 is 1.50 bits per heavy atom. The Balaban J connectivity index is 2.73. The van der Waals surface area contributed by atoms with Crippen LogP contribution in [0.5, 0.6) is 0 Å². The maximum Gasteiger partial charge on any atom is 0.105 e. The standard InChI is InChI=1S/C16H26O2/c1-4-7-12-8-10-14(11-9-12)16(18)15(17)13(5-2)6-3/h8-11,13,15-18H,4-7H2,1-3H3. The molecule has 0 radical (unpaired) electrons. The minimum Gasteiger partial charge on any atom is -0.390 e. The molecule has 0 heterocycles. The molecule has 0 saturated carbocycles. The normalized spacial score (nSPS) is 14.8. The van der Waals surface area contributed by atoms with Crippen molar-refractivity contribution in [3.8, 4) is 0 Å². The fourth-order valence-corrected chi connectivity index (χ4v) is 2.40. The first-order valence-electron chi connectivity index (χ1n) is 7.08. The topological polar surface area (TPSA) is 40.5 Å². The van der Waals surface area contributed by atoms with Crippen LogP contribution < -0.4 is 0 Å². The summed E-state index contributed by atoms with van der Waals surface area (Å²) in [4.78, 5) is 0. The van der Waals surface area contributed by atoms with Crippen molar-refractivity contribution in [3.05, 3.63) is 35.4 Å². The van der Waals surface area contributed by atoms with Gasteiger partial charge in [0.15, 0.2) is 0 Å². The highest BCUT2D eigenvalue weighted by Gasteiger charge is 2.24. The van der Waals surface area contributed by atoms with Gasteiger partial charge in [0.2, 0.25) is 0 Å². The maximum atomic E-state index is 10.2. The maximum absolute atomic E-state index is 10.2. The number of aliphatic hydroxyl groups excluding tert-OH is 2. The zero-order valence-corrected chi connectivity index (χ0v) is 11.8. The van der Waals surface area contributed by atoms with E-state index in [1.807, 2.05) is 24.3 Å². The molecule has 102 valence electrons. The smallest absolute Gasteiger partial charge is 0.105 e. The van der Waals surface area contributed by atoms with Gasteiger partial charge in [-0.05, 0) is 23.5 Å². The summed E-state index contributed by atoms with van der Waals surface area (Å²) in [6, 6.07) is 7.95. The van der Waals surface area contributed by atoms with E-state index in [4.69, 9.17) is 0 Å². The molecule has 0 aromatic heterocycles. The third-order valence-electron chi connectivity index (χ3n) is 3.72. The van der Waals surface area contributed by atoms with Crippen LogP contribution in [0.1, 0.15) is 57.3 Å². The van der Waals surface area contributed by atoms with Gasteiger partial charge < -0.3 is 10.2 Å². The molecule has 0 aliphatic rings. The van der Waals surface area contributed by atoms with Crippen LogP contribution in [0, 0.1) is 5.92 Å². The summed E-state index contributed by atoms with van der Waals surface area (Å²) in [5.74, 6) is 0.162. The lowest BCUT2D eigenvalue weighted by Crippen LogP contribution is -2.27. The van der Waals surface area contributed by atoms with E-state index in [0.717, 1.165) is 31.2 Å². The van der Waals surface area contributed by atoms with Crippen LogP contribution in [0.2, 0.25) is 0 Å². The van der Waals surface area contributed by atoms with Gasteiger partial charge >= 0.3 is 0 Å². The molecule has 2 atom stereocenters. The highest BCUT2D eigenvalue weighted by Crippen LogP contribution is 2.26. The summed E-state index contributed by atoms with van der Waals surface area (Å²) in [5, 5.41) is 20.3. The van der Waals surface area contributed by atoms with E-state index in [1.54, 1.807) is 0 Å². The van der Waals surface area contributed by atoms with Crippen molar-refractivity contribution in [2.24, 2.45) is 5.92 Å². The summed E-state index contributed by atoms with van der Waals surface area (Å²) in [7, 11) is 0. The molecule has 1 aromatic carbocycles. The van der Waals surface area contributed by atoms with Gasteiger partial charge in [-0.25, -0.2) is 0 Å². The highest BCUT2D eigenvalue weighted by atomic mass is 16.3. The number of hydrogen-bond acceptors (Lipinski definition) is 2. The number of hydrogen-bond donors (Lipinski definition) is 2. The molecule has 1 rings (SSSR count). The molecule has 1 aromatic rings. The molecule has 0 aliphatic carbocycles. The van der Waals surface area contributed by atoms with Crippen LogP contribution >= 0.6 is 0 Å². The molecule has 2 nitrogen and oxygen atoms in total. The van der Waals surface area contributed by atoms with Crippen molar-refractivity contribution in [2.75, 3.05) is 0 Å². The van der Waals surface area contributed by atoms with Crippen LogP contribution in [0.3, 0.4) is 0 Å². The number of benzene rings is 1. The van der Waals surface area contributed by atoms with Crippen LogP contribution in [0.15, 0.2) is 24.3 Å². The van der Waals surface area contributed by atoms with Crippen molar-refractivity contribution in [1.29, 1.82) is 0 Å². The zero-order chi connectivity index (χ0) is 13.5. The average Bonchev–Trinajstić information content (AvgIpc) is 2.40. The summed E-state index contributed by atoms with van der Waals surface area (Å²) >= 11 is 0. The molecule has 0 fully saturated rings. The number of aliphatic hydroxyl groups is 2. The molecule has 0 bridgehead atoms. The van der Waals surface area contributed by atoms with E-state index >= 15 is 0 Å². The van der Waals surface area contributed by atoms with Gasteiger partial charge in [0.1, 0.15) is 6.10 Å². The van der Waals surface area contributed by atoms with Crippen LogP contribution in [-0.2, 0) is 6.42 Å². The summed E-state index contributed by atoms with van der Waals surface area (Å²) in [5.41, 5.74) is 2.10. The van der Waals surface area contributed by atoms with E-state index < -0.39 is 12.2 Å². The Kier molecular flexibility index (Phi) is 6.37. The van der Waals surface area contributed by atoms with Crippen LogP contribution in [-0.4, -0.2) is 16.3 Å². The molecule has 2 heteroatoms. The van der Waals surface area contributed by atoms with Crippen LogP contribution in [0.4, 0.5) is 0 Å². The molecular formula is C16H26O2. The Morgan fingerprint density at radius 3 is 1.94 bits per heavy atom. The Bertz CT molecular complexity index is 327. The minimum absolute atomic E-state index is 0.162. The minimum atomic E-state index is -0.773. The van der Waals surface area contributed by atoms with Crippen molar-refractivity contribution in [1.82, 2.24) is 0 Å².